The van der Waals surface area contributed by atoms with E-state index in [2.05, 4.69) is 0 Å². The number of aromatic nitrogens is 1. The van der Waals surface area contributed by atoms with Gasteiger partial charge in [-0.25, -0.2) is 0 Å². The molecule has 1 spiro atoms. The van der Waals surface area contributed by atoms with E-state index in [0.29, 0.717) is 36.6 Å². The van der Waals surface area contributed by atoms with E-state index in [9.17, 15) is 19.5 Å². The lowest BCUT2D eigenvalue weighted by Crippen LogP contribution is -2.62. The van der Waals surface area contributed by atoms with E-state index in [1.807, 2.05) is 42.2 Å². The second-order valence-corrected chi connectivity index (χ2v) is 12.2. The molecule has 1 saturated heterocycles. The predicted molar refractivity (Wildman–Crippen MR) is 148 cm³/mol. The first-order valence-corrected chi connectivity index (χ1v) is 14.2. The molecule has 2 heterocycles. The summed E-state index contributed by atoms with van der Waals surface area (Å²) in [6.45, 7) is 3.19. The summed E-state index contributed by atoms with van der Waals surface area (Å²) in [4.78, 5) is 43.4. The molecule has 7 heteroatoms. The van der Waals surface area contributed by atoms with Gasteiger partial charge < -0.3 is 19.5 Å². The van der Waals surface area contributed by atoms with Gasteiger partial charge in [-0.2, -0.15) is 0 Å². The summed E-state index contributed by atoms with van der Waals surface area (Å²) < 4.78 is 1.52. The summed E-state index contributed by atoms with van der Waals surface area (Å²) in [6, 6.07) is 11.0. The zero-order chi connectivity index (χ0) is 27.1. The third-order valence-electron chi connectivity index (χ3n) is 9.23. The third-order valence-corrected chi connectivity index (χ3v) is 9.23. The normalized spacial score (nSPS) is 23.4. The van der Waals surface area contributed by atoms with Gasteiger partial charge in [-0.3, -0.25) is 14.4 Å². The van der Waals surface area contributed by atoms with Crippen LogP contribution >= 0.6 is 0 Å². The Morgan fingerprint density at radius 3 is 2.42 bits per heavy atom. The van der Waals surface area contributed by atoms with Gasteiger partial charge in [0.15, 0.2) is 0 Å². The van der Waals surface area contributed by atoms with Gasteiger partial charge in [0.25, 0.3) is 11.5 Å². The number of benzene rings is 1. The monoisotopic (exact) mass is 519 g/mol. The van der Waals surface area contributed by atoms with Crippen molar-refractivity contribution in [1.82, 2.24) is 14.4 Å². The molecule has 1 N–H and O–H groups in total. The number of carbonyl (C=O) groups excluding carboxylic acids is 2. The SMILES string of the molecule is CC(CC1CC1)C(=O)N1CCC(O)(Cn2cc(C(=O)N(C)C)c(-c3ccccc3)cc2=O)C2(CCCC2)C1. The van der Waals surface area contributed by atoms with Crippen molar-refractivity contribution in [3.05, 3.63) is 58.5 Å². The van der Waals surface area contributed by atoms with Crippen LogP contribution in [0.5, 0.6) is 0 Å². The van der Waals surface area contributed by atoms with Crippen LogP contribution in [0.15, 0.2) is 47.4 Å². The Morgan fingerprint density at radius 2 is 1.79 bits per heavy atom. The number of carbonyl (C=O) groups is 2. The second-order valence-electron chi connectivity index (χ2n) is 12.2. The molecule has 38 heavy (non-hydrogen) atoms. The quantitative estimate of drug-likeness (QED) is 0.595. The zero-order valence-electron chi connectivity index (χ0n) is 23.0. The molecule has 204 valence electrons. The highest BCUT2D eigenvalue weighted by Crippen LogP contribution is 2.52. The molecule has 0 bridgehead atoms. The Labute approximate surface area is 225 Å². The predicted octanol–water partition coefficient (Wildman–Crippen LogP) is 4.18. The lowest BCUT2D eigenvalue weighted by molar-refractivity contribution is -0.163. The Morgan fingerprint density at radius 1 is 1.11 bits per heavy atom. The molecule has 2 saturated carbocycles. The van der Waals surface area contributed by atoms with E-state index in [0.717, 1.165) is 37.7 Å². The van der Waals surface area contributed by atoms with Crippen LogP contribution in [0.25, 0.3) is 11.1 Å². The molecule has 2 aromatic rings. The topological polar surface area (TPSA) is 82.8 Å². The third kappa shape index (κ3) is 5.05. The molecule has 1 aromatic heterocycles. The number of nitrogens with zero attached hydrogens (tertiary/aromatic N) is 3. The van der Waals surface area contributed by atoms with Crippen LogP contribution in [0, 0.1) is 17.3 Å². The largest absolute Gasteiger partial charge is 0.387 e. The summed E-state index contributed by atoms with van der Waals surface area (Å²) in [5.74, 6) is 0.722. The number of aliphatic hydroxyl groups is 1. The smallest absolute Gasteiger partial charge is 0.255 e. The highest BCUT2D eigenvalue weighted by molar-refractivity contribution is 6.00. The first-order chi connectivity index (χ1) is 18.1. The Bertz CT molecular complexity index is 1240. The molecular formula is C31H41N3O4. The number of hydrogen-bond acceptors (Lipinski definition) is 4. The summed E-state index contributed by atoms with van der Waals surface area (Å²) in [5, 5.41) is 12.2. The fraction of sp³-hybridized carbons (Fsp3) is 0.581. The number of hydrogen-bond donors (Lipinski definition) is 1. The average molecular weight is 520 g/mol. The van der Waals surface area contributed by atoms with E-state index in [1.54, 1.807) is 20.3 Å². The van der Waals surface area contributed by atoms with Gasteiger partial charge >= 0.3 is 0 Å². The maximum atomic E-state index is 13.4. The molecule has 3 aliphatic rings. The van der Waals surface area contributed by atoms with Gasteiger partial charge in [-0.05, 0) is 37.2 Å². The van der Waals surface area contributed by atoms with Crippen LogP contribution < -0.4 is 5.56 Å². The van der Waals surface area contributed by atoms with E-state index in [-0.39, 0.29) is 29.8 Å². The fourth-order valence-corrected chi connectivity index (χ4v) is 6.80. The lowest BCUT2D eigenvalue weighted by atomic mass is 9.65. The van der Waals surface area contributed by atoms with Gasteiger partial charge in [-0.15, -0.1) is 0 Å². The van der Waals surface area contributed by atoms with Gasteiger partial charge in [0, 0.05) is 56.3 Å². The van der Waals surface area contributed by atoms with E-state index in [4.69, 9.17) is 0 Å². The van der Waals surface area contributed by atoms with Crippen LogP contribution in [0.1, 0.15) is 68.6 Å². The van der Waals surface area contributed by atoms with Crippen LogP contribution in [-0.4, -0.2) is 64.1 Å². The number of piperidine rings is 1. The van der Waals surface area contributed by atoms with Crippen molar-refractivity contribution >= 4 is 11.8 Å². The molecule has 5 rings (SSSR count). The van der Waals surface area contributed by atoms with E-state index < -0.39 is 11.0 Å². The number of likely N-dealkylation sites (tertiary alicyclic amines) is 1. The minimum Gasteiger partial charge on any atom is -0.387 e. The lowest BCUT2D eigenvalue weighted by Gasteiger charge is -2.52. The summed E-state index contributed by atoms with van der Waals surface area (Å²) in [7, 11) is 3.40. The van der Waals surface area contributed by atoms with Gasteiger partial charge in [-0.1, -0.05) is 62.9 Å². The first kappa shape index (κ1) is 26.7. The average Bonchev–Trinajstić information content (AvgIpc) is 3.60. The summed E-state index contributed by atoms with van der Waals surface area (Å²) in [5.41, 5.74) is 0.0296. The number of pyridine rings is 1. The standard InChI is InChI=1S/C31H41N3O4/c1-22(17-23-11-12-23)28(36)33-16-15-31(38,30(20-33)13-7-8-14-30)21-34-19-26(29(37)32(2)3)25(18-27(34)35)24-9-5-4-6-10-24/h4-6,9-10,18-19,22-23,38H,7-8,11-17,20-21H2,1-3H3. The van der Waals surface area contributed by atoms with Crippen molar-refractivity contribution < 1.29 is 14.7 Å². The highest BCUT2D eigenvalue weighted by atomic mass is 16.3. The van der Waals surface area contributed by atoms with Crippen molar-refractivity contribution in [2.24, 2.45) is 17.3 Å². The van der Waals surface area contributed by atoms with Gasteiger partial charge in [0.2, 0.25) is 5.91 Å². The summed E-state index contributed by atoms with van der Waals surface area (Å²) >= 11 is 0. The molecule has 1 aliphatic heterocycles. The Hall–Kier alpha value is -2.93. The van der Waals surface area contributed by atoms with Crippen LogP contribution in [0.2, 0.25) is 0 Å². The molecule has 2 amide bonds. The van der Waals surface area contributed by atoms with Crippen molar-refractivity contribution in [2.75, 3.05) is 27.2 Å². The minimum absolute atomic E-state index is 0.0138. The van der Waals surface area contributed by atoms with Crippen molar-refractivity contribution in [2.45, 2.75) is 70.4 Å². The molecule has 3 fully saturated rings. The van der Waals surface area contributed by atoms with Gasteiger partial charge in [0.05, 0.1) is 17.7 Å². The number of rotatable bonds is 7. The molecule has 7 nitrogen and oxygen atoms in total. The molecule has 2 unspecified atom stereocenters. The minimum atomic E-state index is -1.13. The van der Waals surface area contributed by atoms with Crippen molar-refractivity contribution in [3.8, 4) is 11.1 Å². The molecular weight excluding hydrogens is 478 g/mol. The molecule has 0 radical (unpaired) electrons. The molecule has 2 atom stereocenters. The highest BCUT2D eigenvalue weighted by Gasteiger charge is 2.56. The fourth-order valence-electron chi connectivity index (χ4n) is 6.80. The van der Waals surface area contributed by atoms with E-state index >= 15 is 0 Å². The van der Waals surface area contributed by atoms with Crippen molar-refractivity contribution in [1.29, 1.82) is 0 Å². The van der Waals surface area contributed by atoms with Crippen molar-refractivity contribution in [3.63, 3.8) is 0 Å². The second kappa shape index (κ2) is 10.3. The van der Waals surface area contributed by atoms with Crippen LogP contribution in [0.3, 0.4) is 0 Å². The first-order valence-electron chi connectivity index (χ1n) is 14.2. The van der Waals surface area contributed by atoms with Crippen LogP contribution in [-0.2, 0) is 11.3 Å². The molecule has 2 aliphatic carbocycles. The maximum absolute atomic E-state index is 13.4. The van der Waals surface area contributed by atoms with Gasteiger partial charge in [0.1, 0.15) is 0 Å². The maximum Gasteiger partial charge on any atom is 0.255 e. The Balaban J connectivity index is 1.45. The molecule has 1 aromatic carbocycles. The number of amides is 2. The summed E-state index contributed by atoms with van der Waals surface area (Å²) in [6.07, 6.45) is 9.17. The zero-order valence-corrected chi connectivity index (χ0v) is 23.0. The van der Waals surface area contributed by atoms with Crippen LogP contribution in [0.4, 0.5) is 0 Å². The Kier molecular flexibility index (Phi) is 7.25. The van der Waals surface area contributed by atoms with E-state index in [1.165, 1.54) is 28.4 Å².